The summed E-state index contributed by atoms with van der Waals surface area (Å²) in [6.45, 7) is 0. The first-order chi connectivity index (χ1) is 7.34. The molecule has 0 spiro atoms. The van der Waals surface area contributed by atoms with Gasteiger partial charge in [-0.25, -0.2) is 4.98 Å². The Labute approximate surface area is 91.9 Å². The number of aromatic nitrogens is 1. The largest absolute Gasteiger partial charge is 0.462 e. The molecule has 3 nitrogen and oxygen atoms in total. The predicted octanol–water partition coefficient (Wildman–Crippen LogP) is 2.74. The topological polar surface area (TPSA) is 52.0 Å². The number of rotatable bonds is 1. The Kier molecular flexibility index (Phi) is 2.11. The summed E-state index contributed by atoms with van der Waals surface area (Å²) in [7, 11) is 0. The van der Waals surface area contributed by atoms with E-state index < -0.39 is 0 Å². The molecule has 0 aromatic carbocycles. The highest BCUT2D eigenvalue weighted by Crippen LogP contribution is 2.35. The van der Waals surface area contributed by atoms with Gasteiger partial charge in [0, 0.05) is 10.9 Å². The second-order valence-electron chi connectivity index (χ2n) is 3.80. The van der Waals surface area contributed by atoms with Gasteiger partial charge < -0.3 is 10.2 Å². The number of thiazole rings is 1. The van der Waals surface area contributed by atoms with Crippen molar-refractivity contribution in [1.29, 1.82) is 0 Å². The summed E-state index contributed by atoms with van der Waals surface area (Å²) in [5.74, 6) is 0.849. The van der Waals surface area contributed by atoms with Crippen LogP contribution in [-0.2, 0) is 6.42 Å². The van der Waals surface area contributed by atoms with Gasteiger partial charge in [-0.15, -0.1) is 11.3 Å². The Morgan fingerprint density at radius 2 is 2.47 bits per heavy atom. The van der Waals surface area contributed by atoms with E-state index in [1.165, 1.54) is 11.3 Å². The summed E-state index contributed by atoms with van der Waals surface area (Å²) >= 11 is 1.71. The second-order valence-corrected chi connectivity index (χ2v) is 4.89. The van der Waals surface area contributed by atoms with E-state index in [0.717, 1.165) is 29.3 Å². The first-order valence-electron chi connectivity index (χ1n) is 5.13. The molecule has 0 amide bonds. The van der Waals surface area contributed by atoms with Crippen LogP contribution in [0.3, 0.4) is 0 Å². The van der Waals surface area contributed by atoms with Crippen molar-refractivity contribution in [2.24, 2.45) is 5.73 Å². The van der Waals surface area contributed by atoms with Gasteiger partial charge in [-0.3, -0.25) is 0 Å². The molecule has 0 saturated heterocycles. The number of nitrogens with zero attached hydrogens (tertiary/aromatic N) is 1. The maximum Gasteiger partial charge on any atom is 0.162 e. The summed E-state index contributed by atoms with van der Waals surface area (Å²) < 4.78 is 5.34. The van der Waals surface area contributed by atoms with Crippen LogP contribution in [0.25, 0.3) is 10.8 Å². The van der Waals surface area contributed by atoms with Gasteiger partial charge in [-0.2, -0.15) is 0 Å². The van der Waals surface area contributed by atoms with Crippen molar-refractivity contribution >= 4 is 11.3 Å². The molecule has 2 N–H and O–H groups in total. The average molecular weight is 220 g/mol. The molecule has 1 unspecified atom stereocenters. The highest BCUT2D eigenvalue weighted by molar-refractivity contribution is 7.15. The molecule has 0 fully saturated rings. The Balaban J connectivity index is 2.06. The molecule has 78 valence electrons. The summed E-state index contributed by atoms with van der Waals surface area (Å²) in [5.41, 5.74) is 7.11. The van der Waals surface area contributed by atoms with Crippen molar-refractivity contribution < 1.29 is 4.42 Å². The fourth-order valence-corrected chi connectivity index (χ4v) is 3.10. The molecule has 0 radical (unpaired) electrons. The minimum Gasteiger partial charge on any atom is -0.462 e. The molecule has 0 saturated carbocycles. The molecule has 1 atom stereocenters. The van der Waals surface area contributed by atoms with Crippen LogP contribution in [0.1, 0.15) is 29.5 Å². The zero-order valence-corrected chi connectivity index (χ0v) is 9.09. The third-order valence-corrected chi connectivity index (χ3v) is 3.88. The maximum absolute atomic E-state index is 6.03. The molecule has 0 aliphatic heterocycles. The van der Waals surface area contributed by atoms with Gasteiger partial charge in [-0.05, 0) is 31.4 Å². The Morgan fingerprint density at radius 3 is 3.20 bits per heavy atom. The molecule has 1 aliphatic carbocycles. The smallest absolute Gasteiger partial charge is 0.162 e. The molecule has 2 aromatic rings. The van der Waals surface area contributed by atoms with Gasteiger partial charge >= 0.3 is 0 Å². The maximum atomic E-state index is 6.03. The fraction of sp³-hybridized carbons (Fsp3) is 0.364. The van der Waals surface area contributed by atoms with Crippen molar-refractivity contribution in [2.75, 3.05) is 0 Å². The van der Waals surface area contributed by atoms with Crippen LogP contribution in [0.15, 0.2) is 22.8 Å². The lowest BCUT2D eigenvalue weighted by Gasteiger charge is -2.15. The number of hydrogen-bond donors (Lipinski definition) is 1. The molecule has 15 heavy (non-hydrogen) atoms. The van der Waals surface area contributed by atoms with E-state index in [0.29, 0.717) is 0 Å². The van der Waals surface area contributed by atoms with Crippen LogP contribution in [0.5, 0.6) is 0 Å². The van der Waals surface area contributed by atoms with Gasteiger partial charge in [0.05, 0.1) is 12.0 Å². The van der Waals surface area contributed by atoms with E-state index in [1.54, 1.807) is 17.6 Å². The molecule has 0 bridgehead atoms. The average Bonchev–Trinajstić information content (AvgIpc) is 2.86. The van der Waals surface area contributed by atoms with Crippen LogP contribution in [-0.4, -0.2) is 4.98 Å². The molecule has 1 aliphatic rings. The first kappa shape index (κ1) is 9.12. The fourth-order valence-electron chi connectivity index (χ4n) is 1.96. The SMILES string of the molecule is NC1CCCc2sc(-c3ccco3)nc21. The standard InChI is InChI=1S/C11H12N2OS/c12-7-3-1-5-9-10(7)13-11(15-9)8-4-2-6-14-8/h2,4,6-7H,1,3,5,12H2. The van der Waals surface area contributed by atoms with Crippen molar-refractivity contribution in [3.05, 3.63) is 29.0 Å². The molecule has 3 rings (SSSR count). The number of fused-ring (bicyclic) bond motifs is 1. The van der Waals surface area contributed by atoms with E-state index in [-0.39, 0.29) is 6.04 Å². The van der Waals surface area contributed by atoms with Gasteiger partial charge in [0.2, 0.25) is 0 Å². The summed E-state index contributed by atoms with van der Waals surface area (Å²) in [6.07, 6.45) is 5.01. The number of nitrogens with two attached hydrogens (primary N) is 1. The third kappa shape index (κ3) is 1.50. The van der Waals surface area contributed by atoms with Crippen LogP contribution in [0.4, 0.5) is 0 Å². The van der Waals surface area contributed by atoms with E-state index in [9.17, 15) is 0 Å². The zero-order valence-electron chi connectivity index (χ0n) is 8.27. The second kappa shape index (κ2) is 3.47. The molecular formula is C11H12N2OS. The Bertz CT molecular complexity index is 461. The highest BCUT2D eigenvalue weighted by Gasteiger charge is 2.22. The van der Waals surface area contributed by atoms with Gasteiger partial charge in [-0.1, -0.05) is 0 Å². The van der Waals surface area contributed by atoms with Gasteiger partial charge in [0.25, 0.3) is 0 Å². The molecule has 2 aromatic heterocycles. The van der Waals surface area contributed by atoms with Crippen LogP contribution in [0.2, 0.25) is 0 Å². The van der Waals surface area contributed by atoms with E-state index in [1.807, 2.05) is 12.1 Å². The summed E-state index contributed by atoms with van der Waals surface area (Å²) in [5, 5.41) is 0.961. The van der Waals surface area contributed by atoms with E-state index in [4.69, 9.17) is 10.2 Å². The van der Waals surface area contributed by atoms with Gasteiger partial charge in [0.1, 0.15) is 0 Å². The van der Waals surface area contributed by atoms with Crippen LogP contribution in [0, 0.1) is 0 Å². The van der Waals surface area contributed by atoms with Crippen molar-refractivity contribution in [2.45, 2.75) is 25.3 Å². The van der Waals surface area contributed by atoms with Crippen molar-refractivity contribution in [3.63, 3.8) is 0 Å². The minimum absolute atomic E-state index is 0.119. The molecular weight excluding hydrogens is 208 g/mol. The van der Waals surface area contributed by atoms with Crippen molar-refractivity contribution in [3.8, 4) is 10.8 Å². The van der Waals surface area contributed by atoms with Crippen LogP contribution < -0.4 is 5.73 Å². The van der Waals surface area contributed by atoms with E-state index >= 15 is 0 Å². The zero-order chi connectivity index (χ0) is 10.3. The Hall–Kier alpha value is -1.13. The lowest BCUT2D eigenvalue weighted by atomic mass is 9.99. The van der Waals surface area contributed by atoms with Crippen LogP contribution >= 0.6 is 11.3 Å². The van der Waals surface area contributed by atoms with E-state index in [2.05, 4.69) is 4.98 Å². The molecule has 4 heteroatoms. The lowest BCUT2D eigenvalue weighted by molar-refractivity contribution is 0.561. The summed E-state index contributed by atoms with van der Waals surface area (Å²) in [6, 6.07) is 3.94. The highest BCUT2D eigenvalue weighted by atomic mass is 32.1. The summed E-state index contributed by atoms with van der Waals surface area (Å²) in [4.78, 5) is 5.91. The number of hydrogen-bond acceptors (Lipinski definition) is 4. The quantitative estimate of drug-likeness (QED) is 0.804. The lowest BCUT2D eigenvalue weighted by Crippen LogP contribution is -2.16. The minimum atomic E-state index is 0.119. The third-order valence-electron chi connectivity index (χ3n) is 2.73. The monoisotopic (exact) mass is 220 g/mol. The van der Waals surface area contributed by atoms with Crippen molar-refractivity contribution in [1.82, 2.24) is 4.98 Å². The van der Waals surface area contributed by atoms with Gasteiger partial charge in [0.15, 0.2) is 10.8 Å². The number of furan rings is 1. The molecule has 2 heterocycles. The number of aryl methyl sites for hydroxylation is 1. The predicted molar refractivity (Wildman–Crippen MR) is 59.7 cm³/mol. The Morgan fingerprint density at radius 1 is 1.53 bits per heavy atom. The normalized spacial score (nSPS) is 20.2. The first-order valence-corrected chi connectivity index (χ1v) is 5.95.